The Labute approximate surface area is 158 Å². The SMILES string of the molecule is CC(=O)NC[C@H]1[C@H]2C[C@H](CN(C(=O)Cn3cccn3)C2)[C@@H]2CCCC(=O)N21. The van der Waals surface area contributed by atoms with Crippen LogP contribution in [0.15, 0.2) is 18.5 Å². The van der Waals surface area contributed by atoms with Crippen molar-refractivity contribution in [2.45, 2.75) is 51.2 Å². The van der Waals surface area contributed by atoms with Crippen molar-refractivity contribution in [1.29, 1.82) is 0 Å². The molecule has 146 valence electrons. The van der Waals surface area contributed by atoms with Crippen molar-refractivity contribution < 1.29 is 14.4 Å². The molecule has 4 atom stereocenters. The quantitative estimate of drug-likeness (QED) is 0.819. The second-order valence-electron chi connectivity index (χ2n) is 8.02. The van der Waals surface area contributed by atoms with E-state index in [1.807, 2.05) is 15.9 Å². The van der Waals surface area contributed by atoms with Crippen molar-refractivity contribution in [3.05, 3.63) is 18.5 Å². The number of carbonyl (C=O) groups is 3. The summed E-state index contributed by atoms with van der Waals surface area (Å²) in [6.07, 6.45) is 6.98. The van der Waals surface area contributed by atoms with Gasteiger partial charge in [-0.25, -0.2) is 0 Å². The van der Waals surface area contributed by atoms with E-state index >= 15 is 0 Å². The van der Waals surface area contributed by atoms with Gasteiger partial charge in [-0.15, -0.1) is 0 Å². The zero-order chi connectivity index (χ0) is 19.0. The van der Waals surface area contributed by atoms with Gasteiger partial charge in [-0.05, 0) is 37.2 Å². The summed E-state index contributed by atoms with van der Waals surface area (Å²) >= 11 is 0. The number of piperidine rings is 3. The summed E-state index contributed by atoms with van der Waals surface area (Å²) in [6.45, 7) is 3.56. The van der Waals surface area contributed by atoms with Crippen LogP contribution in [-0.2, 0) is 20.9 Å². The van der Waals surface area contributed by atoms with Gasteiger partial charge in [-0.2, -0.15) is 5.10 Å². The Hall–Kier alpha value is -2.38. The standard InChI is InChI=1S/C19H27N5O3/c1-13(25)20-9-17-15-8-14(16-4-2-5-18(26)24(16)17)10-22(11-15)19(27)12-23-7-3-6-21-23/h3,6-7,14-17H,2,4-5,8-12H2,1H3,(H,20,25)/t14-,15+,16+,17+/m1/s1. The summed E-state index contributed by atoms with van der Waals surface area (Å²) in [5, 5.41) is 7.03. The molecular formula is C19H27N5O3. The maximum Gasteiger partial charge on any atom is 0.244 e. The number of nitrogens with zero attached hydrogens (tertiary/aromatic N) is 4. The number of likely N-dealkylation sites (tertiary alicyclic amines) is 1. The van der Waals surface area contributed by atoms with E-state index in [0.717, 1.165) is 19.3 Å². The molecule has 1 N–H and O–H groups in total. The molecule has 4 heterocycles. The third-order valence-electron chi connectivity index (χ3n) is 6.27. The molecule has 4 rings (SSSR count). The van der Waals surface area contributed by atoms with E-state index in [9.17, 15) is 14.4 Å². The molecule has 0 unspecified atom stereocenters. The molecule has 0 spiro atoms. The minimum Gasteiger partial charge on any atom is -0.354 e. The second-order valence-corrected chi connectivity index (χ2v) is 8.02. The summed E-state index contributed by atoms with van der Waals surface area (Å²) in [7, 11) is 0. The number of hydrogen-bond donors (Lipinski definition) is 1. The van der Waals surface area contributed by atoms with Gasteiger partial charge in [0.1, 0.15) is 6.54 Å². The molecule has 1 aromatic rings. The Kier molecular flexibility index (Phi) is 4.88. The minimum absolute atomic E-state index is 0.0248. The van der Waals surface area contributed by atoms with Crippen molar-refractivity contribution in [3.8, 4) is 0 Å². The fraction of sp³-hybridized carbons (Fsp3) is 0.684. The Morgan fingerprint density at radius 3 is 2.85 bits per heavy atom. The molecule has 8 heteroatoms. The van der Waals surface area contributed by atoms with Crippen LogP contribution < -0.4 is 5.32 Å². The van der Waals surface area contributed by atoms with Gasteiger partial charge in [0.05, 0.1) is 6.04 Å². The van der Waals surface area contributed by atoms with Crippen molar-refractivity contribution in [2.75, 3.05) is 19.6 Å². The van der Waals surface area contributed by atoms with E-state index in [1.165, 1.54) is 6.92 Å². The van der Waals surface area contributed by atoms with Crippen LogP contribution in [0.2, 0.25) is 0 Å². The predicted molar refractivity (Wildman–Crippen MR) is 97.4 cm³/mol. The normalized spacial score (nSPS) is 30.0. The van der Waals surface area contributed by atoms with Crippen LogP contribution in [0.1, 0.15) is 32.6 Å². The molecular weight excluding hydrogens is 346 g/mol. The number of amides is 3. The molecule has 3 amide bonds. The van der Waals surface area contributed by atoms with Gasteiger partial charge in [-0.1, -0.05) is 0 Å². The monoisotopic (exact) mass is 373 g/mol. The van der Waals surface area contributed by atoms with Crippen LogP contribution in [0.5, 0.6) is 0 Å². The lowest BCUT2D eigenvalue weighted by Gasteiger charge is -2.56. The smallest absolute Gasteiger partial charge is 0.244 e. The van der Waals surface area contributed by atoms with Crippen LogP contribution in [0.3, 0.4) is 0 Å². The number of fused-ring (bicyclic) bond motifs is 4. The third kappa shape index (κ3) is 3.57. The summed E-state index contributed by atoms with van der Waals surface area (Å²) in [5.74, 6) is 0.717. The first-order valence-electron chi connectivity index (χ1n) is 9.83. The van der Waals surface area contributed by atoms with Crippen molar-refractivity contribution >= 4 is 17.7 Å². The Morgan fingerprint density at radius 1 is 1.30 bits per heavy atom. The highest BCUT2D eigenvalue weighted by atomic mass is 16.2. The topological polar surface area (TPSA) is 87.5 Å². The van der Waals surface area contributed by atoms with E-state index in [2.05, 4.69) is 10.4 Å². The van der Waals surface area contributed by atoms with E-state index in [4.69, 9.17) is 0 Å². The van der Waals surface area contributed by atoms with Crippen LogP contribution in [0, 0.1) is 11.8 Å². The second kappa shape index (κ2) is 7.32. The Bertz CT molecular complexity index is 719. The average Bonchev–Trinajstić information content (AvgIpc) is 3.14. The van der Waals surface area contributed by atoms with Crippen molar-refractivity contribution in [1.82, 2.24) is 24.9 Å². The van der Waals surface area contributed by atoms with Gasteiger partial charge in [0.15, 0.2) is 0 Å². The molecule has 2 bridgehead atoms. The highest BCUT2D eigenvalue weighted by molar-refractivity contribution is 5.79. The minimum atomic E-state index is -0.0828. The van der Waals surface area contributed by atoms with Gasteiger partial charge in [0, 0.05) is 51.4 Å². The van der Waals surface area contributed by atoms with Crippen molar-refractivity contribution in [2.24, 2.45) is 11.8 Å². The van der Waals surface area contributed by atoms with Crippen LogP contribution in [-0.4, -0.2) is 69.0 Å². The first kappa shape index (κ1) is 18.0. The first-order valence-corrected chi connectivity index (χ1v) is 9.83. The van der Waals surface area contributed by atoms with E-state index in [-0.39, 0.29) is 42.3 Å². The molecule has 3 saturated heterocycles. The predicted octanol–water partition coefficient (Wildman–Crippen LogP) is 0.247. The van der Waals surface area contributed by atoms with E-state index < -0.39 is 0 Å². The van der Waals surface area contributed by atoms with Gasteiger partial charge in [0.2, 0.25) is 17.7 Å². The zero-order valence-electron chi connectivity index (χ0n) is 15.7. The molecule has 0 aliphatic carbocycles. The average molecular weight is 373 g/mol. The Balaban J connectivity index is 1.53. The number of aromatic nitrogens is 2. The molecule has 3 aliphatic rings. The molecule has 27 heavy (non-hydrogen) atoms. The van der Waals surface area contributed by atoms with Crippen LogP contribution in [0.4, 0.5) is 0 Å². The largest absolute Gasteiger partial charge is 0.354 e. The first-order chi connectivity index (χ1) is 13.0. The molecule has 8 nitrogen and oxygen atoms in total. The van der Waals surface area contributed by atoms with Gasteiger partial charge in [0.25, 0.3) is 0 Å². The lowest BCUT2D eigenvalue weighted by atomic mass is 9.72. The third-order valence-corrected chi connectivity index (χ3v) is 6.27. The van der Waals surface area contributed by atoms with Crippen LogP contribution in [0.25, 0.3) is 0 Å². The molecule has 0 aromatic carbocycles. The van der Waals surface area contributed by atoms with E-state index in [1.54, 1.807) is 17.1 Å². The van der Waals surface area contributed by atoms with E-state index in [0.29, 0.717) is 32.0 Å². The summed E-state index contributed by atoms with van der Waals surface area (Å²) < 4.78 is 1.65. The molecule has 3 fully saturated rings. The molecule has 0 saturated carbocycles. The lowest BCUT2D eigenvalue weighted by Crippen LogP contribution is -2.67. The van der Waals surface area contributed by atoms with Gasteiger partial charge in [-0.3, -0.25) is 19.1 Å². The fourth-order valence-electron chi connectivity index (χ4n) is 5.12. The molecule has 0 radical (unpaired) electrons. The summed E-state index contributed by atoms with van der Waals surface area (Å²) in [4.78, 5) is 40.9. The number of nitrogens with one attached hydrogen (secondary N) is 1. The zero-order valence-corrected chi connectivity index (χ0v) is 15.7. The van der Waals surface area contributed by atoms with Crippen molar-refractivity contribution in [3.63, 3.8) is 0 Å². The molecule has 1 aromatic heterocycles. The summed E-state index contributed by atoms with van der Waals surface area (Å²) in [5.41, 5.74) is 0. The number of rotatable bonds is 4. The highest BCUT2D eigenvalue weighted by Crippen LogP contribution is 2.41. The maximum absolute atomic E-state index is 12.8. The fourth-order valence-corrected chi connectivity index (χ4v) is 5.12. The number of hydrogen-bond acceptors (Lipinski definition) is 4. The van der Waals surface area contributed by atoms with Crippen LogP contribution >= 0.6 is 0 Å². The molecule has 3 aliphatic heterocycles. The maximum atomic E-state index is 12.8. The highest BCUT2D eigenvalue weighted by Gasteiger charge is 2.49. The van der Waals surface area contributed by atoms with Gasteiger partial charge >= 0.3 is 0 Å². The summed E-state index contributed by atoms with van der Waals surface area (Å²) in [6, 6.07) is 1.97. The number of carbonyl (C=O) groups excluding carboxylic acids is 3. The van der Waals surface area contributed by atoms with Gasteiger partial charge < -0.3 is 15.1 Å². The lowest BCUT2D eigenvalue weighted by molar-refractivity contribution is -0.156. The Morgan fingerprint density at radius 2 is 2.11 bits per heavy atom.